The van der Waals surface area contributed by atoms with Gasteiger partial charge in [0.1, 0.15) is 5.75 Å². The van der Waals surface area contributed by atoms with Crippen molar-refractivity contribution >= 4 is 11.0 Å². The quantitative estimate of drug-likeness (QED) is 0.662. The third-order valence-corrected chi connectivity index (χ3v) is 1.87. The van der Waals surface area contributed by atoms with Gasteiger partial charge in [-0.2, -0.15) is 0 Å². The Hall–Kier alpha value is -1.64. The van der Waals surface area contributed by atoms with Crippen molar-refractivity contribution in [3.05, 3.63) is 30.1 Å². The summed E-state index contributed by atoms with van der Waals surface area (Å²) in [5.74, 6) is 0.812. The first-order valence-electron chi connectivity index (χ1n) is 4.07. The van der Waals surface area contributed by atoms with Crippen LogP contribution in [-0.4, -0.2) is 17.1 Å². The van der Waals surface area contributed by atoms with Crippen molar-refractivity contribution in [3.8, 4) is 5.75 Å². The monoisotopic (exact) mass is 174 g/mol. The molecule has 0 amide bonds. The molecule has 0 saturated heterocycles. The Kier molecular flexibility index (Phi) is 1.85. The van der Waals surface area contributed by atoms with Crippen LogP contribution in [0, 0.1) is 6.92 Å². The summed E-state index contributed by atoms with van der Waals surface area (Å²) >= 11 is 0. The van der Waals surface area contributed by atoms with Gasteiger partial charge in [0.05, 0.1) is 23.8 Å². The number of fused-ring (bicyclic) bond motifs is 1. The Labute approximate surface area is 76.4 Å². The Bertz CT molecular complexity index is 440. The number of hydrogen-bond acceptors (Lipinski definition) is 3. The molecule has 3 nitrogen and oxygen atoms in total. The minimum atomic E-state index is 0.812. The first-order valence-corrected chi connectivity index (χ1v) is 4.07. The largest absolute Gasteiger partial charge is 0.497 e. The lowest BCUT2D eigenvalue weighted by atomic mass is 10.3. The van der Waals surface area contributed by atoms with Gasteiger partial charge in [-0.05, 0) is 19.1 Å². The summed E-state index contributed by atoms with van der Waals surface area (Å²) in [5, 5.41) is 0. The van der Waals surface area contributed by atoms with Crippen molar-refractivity contribution in [3.63, 3.8) is 0 Å². The number of rotatable bonds is 1. The molecular weight excluding hydrogens is 164 g/mol. The van der Waals surface area contributed by atoms with Gasteiger partial charge < -0.3 is 4.74 Å². The lowest BCUT2D eigenvalue weighted by molar-refractivity contribution is 0.415. The van der Waals surface area contributed by atoms with Gasteiger partial charge in [-0.1, -0.05) is 0 Å². The average molecular weight is 174 g/mol. The third kappa shape index (κ3) is 1.45. The molecule has 0 aliphatic carbocycles. The molecule has 66 valence electrons. The fraction of sp³-hybridized carbons (Fsp3) is 0.200. The van der Waals surface area contributed by atoms with E-state index in [4.69, 9.17) is 4.74 Å². The van der Waals surface area contributed by atoms with Crippen LogP contribution in [0.1, 0.15) is 5.69 Å². The highest BCUT2D eigenvalue weighted by atomic mass is 16.5. The smallest absolute Gasteiger partial charge is 0.121 e. The molecule has 0 spiro atoms. The van der Waals surface area contributed by atoms with Crippen LogP contribution in [0.15, 0.2) is 24.4 Å². The predicted octanol–water partition coefficient (Wildman–Crippen LogP) is 1.95. The van der Waals surface area contributed by atoms with E-state index >= 15 is 0 Å². The normalized spacial score (nSPS) is 10.3. The van der Waals surface area contributed by atoms with Crippen LogP contribution in [0.4, 0.5) is 0 Å². The topological polar surface area (TPSA) is 35.0 Å². The number of hydrogen-bond donors (Lipinski definition) is 0. The fourth-order valence-corrected chi connectivity index (χ4v) is 1.21. The summed E-state index contributed by atoms with van der Waals surface area (Å²) in [6.07, 6.45) is 1.76. The molecule has 0 unspecified atom stereocenters. The zero-order valence-corrected chi connectivity index (χ0v) is 7.61. The first-order chi connectivity index (χ1) is 6.29. The van der Waals surface area contributed by atoms with Gasteiger partial charge in [-0.15, -0.1) is 0 Å². The fourth-order valence-electron chi connectivity index (χ4n) is 1.21. The van der Waals surface area contributed by atoms with Gasteiger partial charge in [0.2, 0.25) is 0 Å². The second kappa shape index (κ2) is 3.01. The maximum Gasteiger partial charge on any atom is 0.121 e. The van der Waals surface area contributed by atoms with Gasteiger partial charge in [0.25, 0.3) is 0 Å². The lowest BCUT2D eigenvalue weighted by Gasteiger charge is -2.01. The van der Waals surface area contributed by atoms with Crippen molar-refractivity contribution < 1.29 is 4.74 Å². The van der Waals surface area contributed by atoms with Crippen molar-refractivity contribution in [1.82, 2.24) is 9.97 Å². The van der Waals surface area contributed by atoms with Crippen LogP contribution in [0.5, 0.6) is 5.75 Å². The number of aryl methyl sites for hydroxylation is 1. The Morgan fingerprint density at radius 1 is 1.23 bits per heavy atom. The average Bonchev–Trinajstić information content (AvgIpc) is 2.16. The van der Waals surface area contributed by atoms with Crippen LogP contribution in [0.2, 0.25) is 0 Å². The highest BCUT2D eigenvalue weighted by Gasteiger charge is 1.98. The lowest BCUT2D eigenvalue weighted by Crippen LogP contribution is -1.88. The summed E-state index contributed by atoms with van der Waals surface area (Å²) in [4.78, 5) is 8.58. The molecule has 1 heterocycles. The number of ether oxygens (including phenoxy) is 1. The molecule has 0 aliphatic rings. The summed E-state index contributed by atoms with van der Waals surface area (Å²) in [7, 11) is 1.64. The van der Waals surface area contributed by atoms with E-state index in [1.807, 2.05) is 25.1 Å². The Morgan fingerprint density at radius 2 is 2.08 bits per heavy atom. The van der Waals surface area contributed by atoms with Crippen LogP contribution >= 0.6 is 0 Å². The maximum atomic E-state index is 5.09. The van der Waals surface area contributed by atoms with E-state index in [0.29, 0.717) is 0 Å². The Morgan fingerprint density at radius 3 is 2.85 bits per heavy atom. The van der Waals surface area contributed by atoms with Crippen LogP contribution < -0.4 is 4.74 Å². The van der Waals surface area contributed by atoms with E-state index in [1.54, 1.807) is 13.3 Å². The molecule has 0 atom stereocenters. The maximum absolute atomic E-state index is 5.09. The Balaban J connectivity index is 2.68. The number of methoxy groups -OCH3 is 1. The van der Waals surface area contributed by atoms with E-state index in [9.17, 15) is 0 Å². The third-order valence-electron chi connectivity index (χ3n) is 1.87. The van der Waals surface area contributed by atoms with Gasteiger partial charge in [-0.25, -0.2) is 4.98 Å². The van der Waals surface area contributed by atoms with Gasteiger partial charge in [-0.3, -0.25) is 4.98 Å². The standard InChI is InChI=1S/C10H10N2O/c1-7-6-11-9-4-3-8(13-2)5-10(9)12-7/h3-6H,1-2H3. The van der Waals surface area contributed by atoms with Crippen molar-refractivity contribution in [2.45, 2.75) is 6.92 Å². The van der Waals surface area contributed by atoms with Crippen molar-refractivity contribution in [2.24, 2.45) is 0 Å². The molecule has 0 N–H and O–H groups in total. The molecule has 3 heteroatoms. The summed E-state index contributed by atoms with van der Waals surface area (Å²) < 4.78 is 5.09. The molecule has 0 fully saturated rings. The molecule has 1 aromatic carbocycles. The van der Waals surface area contributed by atoms with Crippen LogP contribution in [0.25, 0.3) is 11.0 Å². The summed E-state index contributed by atoms with van der Waals surface area (Å²) in [5.41, 5.74) is 2.69. The van der Waals surface area contributed by atoms with Crippen LogP contribution in [0.3, 0.4) is 0 Å². The first kappa shape index (κ1) is 7.98. The molecule has 2 rings (SSSR count). The summed E-state index contributed by atoms with van der Waals surface area (Å²) in [6.45, 7) is 1.92. The minimum absolute atomic E-state index is 0.812. The number of aromatic nitrogens is 2. The second-order valence-electron chi connectivity index (χ2n) is 2.87. The molecular formula is C10H10N2O. The summed E-state index contributed by atoms with van der Waals surface area (Å²) in [6, 6.07) is 5.67. The van der Waals surface area contributed by atoms with Gasteiger partial charge >= 0.3 is 0 Å². The molecule has 1 aromatic heterocycles. The van der Waals surface area contributed by atoms with Crippen LogP contribution in [-0.2, 0) is 0 Å². The molecule has 2 aromatic rings. The van der Waals surface area contributed by atoms with E-state index in [-0.39, 0.29) is 0 Å². The zero-order chi connectivity index (χ0) is 9.26. The molecule has 13 heavy (non-hydrogen) atoms. The predicted molar refractivity (Wildman–Crippen MR) is 50.8 cm³/mol. The van der Waals surface area contributed by atoms with E-state index < -0.39 is 0 Å². The number of benzene rings is 1. The van der Waals surface area contributed by atoms with E-state index in [1.165, 1.54) is 0 Å². The molecule has 0 bridgehead atoms. The van der Waals surface area contributed by atoms with Gasteiger partial charge in [0, 0.05) is 12.3 Å². The molecule has 0 saturated carbocycles. The second-order valence-corrected chi connectivity index (χ2v) is 2.87. The molecule has 0 aliphatic heterocycles. The van der Waals surface area contributed by atoms with Crippen molar-refractivity contribution in [2.75, 3.05) is 7.11 Å². The minimum Gasteiger partial charge on any atom is -0.497 e. The van der Waals surface area contributed by atoms with Crippen molar-refractivity contribution in [1.29, 1.82) is 0 Å². The highest BCUT2D eigenvalue weighted by Crippen LogP contribution is 2.16. The van der Waals surface area contributed by atoms with Gasteiger partial charge in [0.15, 0.2) is 0 Å². The highest BCUT2D eigenvalue weighted by molar-refractivity contribution is 5.75. The zero-order valence-electron chi connectivity index (χ0n) is 7.61. The SMILES string of the molecule is COc1ccc2ncc(C)nc2c1. The number of nitrogens with zero attached hydrogens (tertiary/aromatic N) is 2. The molecule has 0 radical (unpaired) electrons. The van der Waals surface area contributed by atoms with E-state index in [0.717, 1.165) is 22.5 Å². The van der Waals surface area contributed by atoms with E-state index in [2.05, 4.69) is 9.97 Å².